The first-order valence-electron chi connectivity index (χ1n) is 17.1. The topological polar surface area (TPSA) is 42.4 Å². The number of para-hydroxylation sites is 1. The van der Waals surface area contributed by atoms with E-state index in [1.807, 2.05) is 42.5 Å². The van der Waals surface area contributed by atoms with Gasteiger partial charge in [-0.05, 0) is 76.2 Å². The van der Waals surface area contributed by atoms with Gasteiger partial charge >= 0.3 is 0 Å². The molecule has 0 aliphatic rings. The number of hydrogen-bond acceptors (Lipinski definition) is 4. The van der Waals surface area contributed by atoms with Crippen LogP contribution in [0.4, 0.5) is 17.1 Å². The lowest BCUT2D eigenvalue weighted by molar-refractivity contribution is 0.617. The van der Waals surface area contributed by atoms with Crippen molar-refractivity contribution in [2.75, 3.05) is 4.90 Å². The average molecular weight is 655 g/mol. The van der Waals surface area contributed by atoms with E-state index in [2.05, 4.69) is 144 Å². The molecule has 0 saturated carbocycles. The molecule has 10 rings (SSSR count). The molecular formula is C47H30N2O2. The van der Waals surface area contributed by atoms with Gasteiger partial charge in [-0.1, -0.05) is 127 Å². The maximum absolute atomic E-state index is 6.82. The highest BCUT2D eigenvalue weighted by atomic mass is 16.4. The monoisotopic (exact) mass is 654 g/mol. The van der Waals surface area contributed by atoms with Crippen molar-refractivity contribution in [2.45, 2.75) is 0 Å². The largest absolute Gasteiger partial charge is 0.454 e. The second kappa shape index (κ2) is 11.9. The van der Waals surface area contributed by atoms with Gasteiger partial charge in [-0.3, -0.25) is 0 Å². The summed E-state index contributed by atoms with van der Waals surface area (Å²) in [5.41, 5.74) is 11.7. The summed E-state index contributed by atoms with van der Waals surface area (Å²) in [4.78, 5) is 7.20. The Balaban J connectivity index is 1.20. The van der Waals surface area contributed by atoms with Crippen molar-refractivity contribution in [3.8, 4) is 33.7 Å². The summed E-state index contributed by atoms with van der Waals surface area (Å²) in [6.07, 6.45) is 0. The third-order valence-electron chi connectivity index (χ3n) is 9.67. The lowest BCUT2D eigenvalue weighted by Gasteiger charge is -2.28. The zero-order valence-electron chi connectivity index (χ0n) is 27.5. The Hall–Kier alpha value is -6.91. The van der Waals surface area contributed by atoms with Gasteiger partial charge in [0.25, 0.3) is 0 Å². The molecule has 0 saturated heterocycles. The minimum atomic E-state index is 0.596. The van der Waals surface area contributed by atoms with Crippen LogP contribution in [0, 0.1) is 0 Å². The standard InChI is InChI=1S/C47H30N2O2/c1-4-13-31(14-5-1)33-23-25-37(26-24-33)49(43-28-36(32-15-6-2-7-16-32)27-35-19-10-11-20-38(35)43)42-22-12-21-39-40-29-41-45(30-44(40)50-46(39)42)51-47(48-41)34-17-8-3-9-18-34/h1-30H. The minimum Gasteiger partial charge on any atom is -0.454 e. The highest BCUT2D eigenvalue weighted by molar-refractivity contribution is 6.14. The van der Waals surface area contributed by atoms with E-state index in [4.69, 9.17) is 13.8 Å². The van der Waals surface area contributed by atoms with Crippen molar-refractivity contribution in [1.82, 2.24) is 4.98 Å². The molecule has 0 fully saturated rings. The van der Waals surface area contributed by atoms with Crippen LogP contribution in [-0.2, 0) is 0 Å². The highest BCUT2D eigenvalue weighted by Gasteiger charge is 2.23. The van der Waals surface area contributed by atoms with E-state index in [9.17, 15) is 0 Å². The minimum absolute atomic E-state index is 0.596. The molecule has 10 aromatic rings. The number of fused-ring (bicyclic) bond motifs is 5. The highest BCUT2D eigenvalue weighted by Crippen LogP contribution is 2.46. The summed E-state index contributed by atoms with van der Waals surface area (Å²) < 4.78 is 13.1. The van der Waals surface area contributed by atoms with Gasteiger partial charge in [0, 0.05) is 33.5 Å². The third-order valence-corrected chi connectivity index (χ3v) is 9.67. The maximum atomic E-state index is 6.82. The molecule has 8 aromatic carbocycles. The van der Waals surface area contributed by atoms with E-state index < -0.39 is 0 Å². The van der Waals surface area contributed by atoms with Gasteiger partial charge < -0.3 is 13.7 Å². The summed E-state index contributed by atoms with van der Waals surface area (Å²) in [6, 6.07) is 63.5. The van der Waals surface area contributed by atoms with E-state index >= 15 is 0 Å². The van der Waals surface area contributed by atoms with Crippen molar-refractivity contribution in [1.29, 1.82) is 0 Å². The lowest BCUT2D eigenvalue weighted by atomic mass is 9.98. The summed E-state index contributed by atoms with van der Waals surface area (Å²) >= 11 is 0. The van der Waals surface area contributed by atoms with Crippen LogP contribution in [0.2, 0.25) is 0 Å². The molecule has 0 amide bonds. The molecule has 51 heavy (non-hydrogen) atoms. The van der Waals surface area contributed by atoms with Crippen LogP contribution < -0.4 is 4.90 Å². The molecule has 0 unspecified atom stereocenters. The van der Waals surface area contributed by atoms with Crippen molar-refractivity contribution in [3.63, 3.8) is 0 Å². The molecule has 0 spiro atoms. The first kappa shape index (κ1) is 29.0. The van der Waals surface area contributed by atoms with Crippen LogP contribution >= 0.6 is 0 Å². The number of rotatable bonds is 6. The van der Waals surface area contributed by atoms with Gasteiger partial charge in [-0.2, -0.15) is 0 Å². The Kier molecular flexibility index (Phi) is 6.78. The number of hydrogen-bond donors (Lipinski definition) is 0. The zero-order valence-corrected chi connectivity index (χ0v) is 27.5. The number of aromatic nitrogens is 1. The fourth-order valence-corrected chi connectivity index (χ4v) is 7.20. The van der Waals surface area contributed by atoms with Crippen molar-refractivity contribution in [3.05, 3.63) is 182 Å². The molecule has 0 bridgehead atoms. The normalized spacial score (nSPS) is 11.5. The molecule has 2 heterocycles. The van der Waals surface area contributed by atoms with Crippen LogP contribution in [0.3, 0.4) is 0 Å². The molecule has 240 valence electrons. The second-order valence-electron chi connectivity index (χ2n) is 12.8. The molecule has 4 nitrogen and oxygen atoms in total. The molecule has 0 aliphatic heterocycles. The average Bonchev–Trinajstić information content (AvgIpc) is 3.79. The molecular weight excluding hydrogens is 625 g/mol. The molecule has 0 aliphatic carbocycles. The Morgan fingerprint density at radius 1 is 0.392 bits per heavy atom. The van der Waals surface area contributed by atoms with Gasteiger partial charge in [0.2, 0.25) is 5.89 Å². The van der Waals surface area contributed by atoms with Gasteiger partial charge in [0.1, 0.15) is 11.1 Å². The summed E-state index contributed by atoms with van der Waals surface area (Å²) in [5, 5.41) is 4.32. The quantitative estimate of drug-likeness (QED) is 0.179. The van der Waals surface area contributed by atoms with Gasteiger partial charge in [0.05, 0.1) is 11.4 Å². The van der Waals surface area contributed by atoms with Crippen molar-refractivity contribution >= 4 is 60.9 Å². The predicted octanol–water partition coefficient (Wildman–Crippen LogP) is 13.4. The molecule has 0 atom stereocenters. The SMILES string of the molecule is c1ccc(-c2ccc(N(c3cc(-c4ccccc4)cc4ccccc34)c3cccc4c3oc3cc5oc(-c6ccccc6)nc5cc34)cc2)cc1. The smallest absolute Gasteiger partial charge is 0.227 e. The number of oxazole rings is 1. The Bertz CT molecular complexity index is 2840. The fourth-order valence-electron chi connectivity index (χ4n) is 7.20. The van der Waals surface area contributed by atoms with Gasteiger partial charge in [0.15, 0.2) is 11.2 Å². The second-order valence-corrected chi connectivity index (χ2v) is 12.8. The molecule has 2 aromatic heterocycles. The van der Waals surface area contributed by atoms with Crippen LogP contribution in [0.25, 0.3) is 77.5 Å². The predicted molar refractivity (Wildman–Crippen MR) is 210 cm³/mol. The molecule has 0 radical (unpaired) electrons. The number of nitrogens with zero attached hydrogens (tertiary/aromatic N) is 2. The van der Waals surface area contributed by atoms with E-state index in [0.29, 0.717) is 11.5 Å². The summed E-state index contributed by atoms with van der Waals surface area (Å²) in [7, 11) is 0. The summed E-state index contributed by atoms with van der Waals surface area (Å²) in [5.74, 6) is 0.596. The fraction of sp³-hybridized carbons (Fsp3) is 0. The maximum Gasteiger partial charge on any atom is 0.227 e. The Morgan fingerprint density at radius 2 is 1.02 bits per heavy atom. The first-order valence-corrected chi connectivity index (χ1v) is 17.1. The zero-order chi connectivity index (χ0) is 33.7. The van der Waals surface area contributed by atoms with E-state index in [1.165, 1.54) is 5.56 Å². The van der Waals surface area contributed by atoms with Crippen LogP contribution in [0.1, 0.15) is 0 Å². The van der Waals surface area contributed by atoms with Crippen LogP contribution in [0.5, 0.6) is 0 Å². The summed E-state index contributed by atoms with van der Waals surface area (Å²) in [6.45, 7) is 0. The van der Waals surface area contributed by atoms with E-state index in [1.54, 1.807) is 0 Å². The number of furan rings is 1. The number of anilines is 3. The Morgan fingerprint density at radius 3 is 1.76 bits per heavy atom. The Labute approximate surface area is 294 Å². The van der Waals surface area contributed by atoms with Gasteiger partial charge in [-0.25, -0.2) is 4.98 Å². The van der Waals surface area contributed by atoms with E-state index in [0.717, 1.165) is 77.5 Å². The lowest BCUT2D eigenvalue weighted by Crippen LogP contribution is -2.11. The van der Waals surface area contributed by atoms with Crippen molar-refractivity contribution < 1.29 is 8.83 Å². The molecule has 0 N–H and O–H groups in total. The van der Waals surface area contributed by atoms with Crippen LogP contribution in [0.15, 0.2) is 191 Å². The number of benzene rings is 8. The molecule has 4 heteroatoms. The van der Waals surface area contributed by atoms with Gasteiger partial charge in [-0.15, -0.1) is 0 Å². The van der Waals surface area contributed by atoms with Crippen LogP contribution in [-0.4, -0.2) is 4.98 Å². The first-order chi connectivity index (χ1) is 25.3. The van der Waals surface area contributed by atoms with Crippen molar-refractivity contribution in [2.24, 2.45) is 0 Å². The van der Waals surface area contributed by atoms with E-state index in [-0.39, 0.29) is 0 Å². The third kappa shape index (κ3) is 5.04.